The first kappa shape index (κ1) is 17.5. The number of hydrogen-bond acceptors (Lipinski definition) is 4. The van der Waals surface area contributed by atoms with Gasteiger partial charge in [-0.05, 0) is 51.2 Å². The summed E-state index contributed by atoms with van der Waals surface area (Å²) >= 11 is 0. The number of aryl methyl sites for hydroxylation is 1. The van der Waals surface area contributed by atoms with E-state index in [0.29, 0.717) is 25.9 Å². The molecule has 2 amide bonds. The average Bonchev–Trinajstić information content (AvgIpc) is 2.88. The molecule has 0 bridgehead atoms. The van der Waals surface area contributed by atoms with Gasteiger partial charge in [-0.2, -0.15) is 0 Å². The lowest BCUT2D eigenvalue weighted by molar-refractivity contribution is -0.150. The smallest absolute Gasteiger partial charge is 0.231 e. The fourth-order valence-electron chi connectivity index (χ4n) is 4.67. The summed E-state index contributed by atoms with van der Waals surface area (Å²) in [6, 6.07) is 5.89. The molecule has 1 aromatic heterocycles. The van der Waals surface area contributed by atoms with Crippen molar-refractivity contribution in [1.29, 1.82) is 0 Å². The molecule has 1 aromatic rings. The lowest BCUT2D eigenvalue weighted by atomic mass is 9.76. The number of carbonyl (C=O) groups excluding carboxylic acids is 2. The molecule has 0 aromatic carbocycles. The molecule has 6 heteroatoms. The Bertz CT molecular complexity index is 716. The number of carbonyl (C=O) groups is 2. The maximum Gasteiger partial charge on any atom is 0.231 e. The van der Waals surface area contributed by atoms with Crippen molar-refractivity contribution >= 4 is 11.8 Å². The number of piperidine rings is 1. The Morgan fingerprint density at radius 2 is 2.12 bits per heavy atom. The summed E-state index contributed by atoms with van der Waals surface area (Å²) in [6.45, 7) is 4.51. The van der Waals surface area contributed by atoms with Crippen molar-refractivity contribution in [2.24, 2.45) is 11.3 Å². The van der Waals surface area contributed by atoms with Gasteiger partial charge in [-0.25, -0.2) is 0 Å². The van der Waals surface area contributed by atoms with E-state index in [4.69, 9.17) is 0 Å². The summed E-state index contributed by atoms with van der Waals surface area (Å²) in [5, 5.41) is 9.47. The molecule has 4 rings (SSSR count). The van der Waals surface area contributed by atoms with E-state index in [1.54, 1.807) is 0 Å². The van der Waals surface area contributed by atoms with Crippen molar-refractivity contribution in [2.75, 3.05) is 19.6 Å². The maximum absolute atomic E-state index is 13.2. The fourth-order valence-corrected chi connectivity index (χ4v) is 4.67. The van der Waals surface area contributed by atoms with Gasteiger partial charge in [0, 0.05) is 31.2 Å². The monoisotopic (exact) mass is 357 g/mol. The van der Waals surface area contributed by atoms with Gasteiger partial charge in [-0.15, -0.1) is 0 Å². The molecule has 6 nitrogen and oxygen atoms in total. The highest BCUT2D eigenvalue weighted by Gasteiger charge is 2.50. The molecule has 26 heavy (non-hydrogen) atoms. The zero-order valence-corrected chi connectivity index (χ0v) is 15.4. The first-order valence-electron chi connectivity index (χ1n) is 9.66. The zero-order valence-electron chi connectivity index (χ0n) is 15.4. The van der Waals surface area contributed by atoms with Crippen LogP contribution in [0.5, 0.6) is 0 Å². The number of hydrogen-bond donors (Lipinski definition) is 1. The van der Waals surface area contributed by atoms with Crippen molar-refractivity contribution in [3.63, 3.8) is 0 Å². The van der Waals surface area contributed by atoms with E-state index in [2.05, 4.69) is 4.98 Å². The van der Waals surface area contributed by atoms with Gasteiger partial charge in [0.05, 0.1) is 23.8 Å². The van der Waals surface area contributed by atoms with Crippen LogP contribution in [0.4, 0.5) is 0 Å². The second-order valence-corrected chi connectivity index (χ2v) is 8.21. The molecule has 0 radical (unpaired) electrons. The van der Waals surface area contributed by atoms with Crippen LogP contribution in [0.15, 0.2) is 18.2 Å². The van der Waals surface area contributed by atoms with Crippen LogP contribution in [0, 0.1) is 18.3 Å². The van der Waals surface area contributed by atoms with Crippen LogP contribution < -0.4 is 0 Å². The highest BCUT2D eigenvalue weighted by molar-refractivity contribution is 5.87. The number of pyridine rings is 1. The summed E-state index contributed by atoms with van der Waals surface area (Å²) in [6.07, 6.45) is 3.37. The molecule has 3 heterocycles. The minimum Gasteiger partial charge on any atom is -0.393 e. The molecule has 2 saturated heterocycles. The number of rotatable bonds is 3. The standard InChI is InChI=1S/C20H27N3O3/c1-14-4-2-5-16(21-14)12-22-9-7-20(19(22)26)6-3-8-23(13-20)18(25)15-10-17(24)11-15/h2,4-5,15,17,24H,3,6-13H2,1H3. The number of likely N-dealkylation sites (tertiary alicyclic amines) is 2. The Morgan fingerprint density at radius 3 is 2.85 bits per heavy atom. The van der Waals surface area contributed by atoms with Gasteiger partial charge in [0.25, 0.3) is 0 Å². The summed E-state index contributed by atoms with van der Waals surface area (Å²) in [7, 11) is 0. The first-order chi connectivity index (χ1) is 12.5. The molecular formula is C20H27N3O3. The predicted molar refractivity (Wildman–Crippen MR) is 96.0 cm³/mol. The third-order valence-corrected chi connectivity index (χ3v) is 6.25. The summed E-state index contributed by atoms with van der Waals surface area (Å²) < 4.78 is 0. The minimum atomic E-state index is -0.417. The van der Waals surface area contributed by atoms with Crippen molar-refractivity contribution < 1.29 is 14.7 Å². The molecule has 2 aliphatic heterocycles. The lowest BCUT2D eigenvalue weighted by Crippen LogP contribution is -2.53. The summed E-state index contributed by atoms with van der Waals surface area (Å²) in [4.78, 5) is 34.1. The van der Waals surface area contributed by atoms with Crippen LogP contribution in [0.3, 0.4) is 0 Å². The number of aromatic nitrogens is 1. The van der Waals surface area contributed by atoms with E-state index < -0.39 is 5.41 Å². The molecule has 140 valence electrons. The highest BCUT2D eigenvalue weighted by atomic mass is 16.3. The Labute approximate surface area is 154 Å². The average molecular weight is 357 g/mol. The third kappa shape index (κ3) is 3.11. The number of amides is 2. The van der Waals surface area contributed by atoms with Gasteiger partial charge >= 0.3 is 0 Å². The van der Waals surface area contributed by atoms with Gasteiger partial charge in [-0.3, -0.25) is 14.6 Å². The Balaban J connectivity index is 1.43. The lowest BCUT2D eigenvalue weighted by Gasteiger charge is -2.42. The normalized spacial score (nSPS) is 31.4. The van der Waals surface area contributed by atoms with Gasteiger partial charge in [-0.1, -0.05) is 6.07 Å². The van der Waals surface area contributed by atoms with Gasteiger partial charge in [0.15, 0.2) is 0 Å². The Kier molecular flexibility index (Phi) is 4.47. The van der Waals surface area contributed by atoms with Crippen LogP contribution in [0.1, 0.15) is 43.5 Å². The zero-order chi connectivity index (χ0) is 18.3. The van der Waals surface area contributed by atoms with Gasteiger partial charge < -0.3 is 14.9 Å². The molecule has 1 saturated carbocycles. The number of aliphatic hydroxyl groups is 1. The largest absolute Gasteiger partial charge is 0.393 e. The first-order valence-corrected chi connectivity index (χ1v) is 9.66. The number of aliphatic hydroxyl groups excluding tert-OH is 1. The van der Waals surface area contributed by atoms with Crippen molar-refractivity contribution in [3.8, 4) is 0 Å². The van der Waals surface area contributed by atoms with Crippen molar-refractivity contribution in [3.05, 3.63) is 29.6 Å². The summed E-state index contributed by atoms with van der Waals surface area (Å²) in [5.74, 6) is 0.247. The molecule has 3 aliphatic rings. The van der Waals surface area contributed by atoms with E-state index in [1.807, 2.05) is 34.9 Å². The third-order valence-electron chi connectivity index (χ3n) is 6.25. The second kappa shape index (κ2) is 6.65. The van der Waals surface area contributed by atoms with Crippen LogP contribution in [0.2, 0.25) is 0 Å². The highest BCUT2D eigenvalue weighted by Crippen LogP contribution is 2.41. The molecular weight excluding hydrogens is 330 g/mol. The van der Waals surface area contributed by atoms with Crippen molar-refractivity contribution in [2.45, 2.75) is 51.7 Å². The van der Waals surface area contributed by atoms with Crippen LogP contribution >= 0.6 is 0 Å². The second-order valence-electron chi connectivity index (χ2n) is 8.21. The van der Waals surface area contributed by atoms with Crippen molar-refractivity contribution in [1.82, 2.24) is 14.8 Å². The molecule has 1 spiro atoms. The fraction of sp³-hybridized carbons (Fsp3) is 0.650. The topological polar surface area (TPSA) is 73.7 Å². The Hall–Kier alpha value is -1.95. The van der Waals surface area contributed by atoms with Crippen LogP contribution in [0.25, 0.3) is 0 Å². The van der Waals surface area contributed by atoms with E-state index in [9.17, 15) is 14.7 Å². The predicted octanol–water partition coefficient (Wildman–Crippen LogP) is 1.50. The summed E-state index contributed by atoms with van der Waals surface area (Å²) in [5.41, 5.74) is 1.46. The molecule has 1 aliphatic carbocycles. The minimum absolute atomic E-state index is 0.0516. The van der Waals surface area contributed by atoms with Crippen LogP contribution in [-0.2, 0) is 16.1 Å². The SMILES string of the molecule is Cc1cccc(CN2CCC3(CCCN(C(=O)C4CC(O)C4)C3)C2=O)n1. The van der Waals surface area contributed by atoms with Gasteiger partial charge in [0.2, 0.25) is 11.8 Å². The van der Waals surface area contributed by atoms with E-state index in [0.717, 1.165) is 43.7 Å². The quantitative estimate of drug-likeness (QED) is 0.890. The van der Waals surface area contributed by atoms with E-state index in [-0.39, 0.29) is 23.8 Å². The van der Waals surface area contributed by atoms with E-state index in [1.165, 1.54) is 0 Å². The van der Waals surface area contributed by atoms with Gasteiger partial charge in [0.1, 0.15) is 0 Å². The maximum atomic E-state index is 13.2. The molecule has 1 atom stereocenters. The number of nitrogens with zero attached hydrogens (tertiary/aromatic N) is 3. The van der Waals surface area contributed by atoms with E-state index >= 15 is 0 Å². The van der Waals surface area contributed by atoms with Crippen LogP contribution in [-0.4, -0.2) is 57.4 Å². The molecule has 1 unspecified atom stereocenters. The Morgan fingerprint density at radius 1 is 1.31 bits per heavy atom. The molecule has 1 N–H and O–H groups in total. The molecule has 3 fully saturated rings.